The molecule has 1 atom stereocenters. The lowest BCUT2D eigenvalue weighted by Crippen LogP contribution is -2.38. The van der Waals surface area contributed by atoms with Gasteiger partial charge in [0.05, 0.1) is 12.6 Å². The van der Waals surface area contributed by atoms with Crippen molar-refractivity contribution in [2.24, 2.45) is 5.41 Å². The molecule has 0 radical (unpaired) electrons. The van der Waals surface area contributed by atoms with E-state index in [-0.39, 0.29) is 23.4 Å². The van der Waals surface area contributed by atoms with Crippen molar-refractivity contribution in [3.8, 4) is 0 Å². The highest BCUT2D eigenvalue weighted by Crippen LogP contribution is 2.23. The Morgan fingerprint density at radius 2 is 2.08 bits per heavy atom. The minimum atomic E-state index is -0.271. The van der Waals surface area contributed by atoms with Crippen molar-refractivity contribution in [1.82, 2.24) is 10.2 Å². The maximum absolute atomic E-state index is 11.3. The SMILES string of the molecule is CC(=O)N1C[C@@H](C(C)(C)C)NC1=O. The van der Waals surface area contributed by atoms with Crippen LogP contribution in [0.25, 0.3) is 0 Å². The molecular formula is C9H16N2O2. The lowest BCUT2D eigenvalue weighted by atomic mass is 9.87. The fraction of sp³-hybridized carbons (Fsp3) is 0.778. The second-order valence-electron chi connectivity index (χ2n) is 4.50. The average Bonchev–Trinajstić information content (AvgIpc) is 2.29. The summed E-state index contributed by atoms with van der Waals surface area (Å²) in [7, 11) is 0. The van der Waals surface area contributed by atoms with Crippen molar-refractivity contribution in [3.05, 3.63) is 0 Å². The molecule has 1 rings (SSSR count). The van der Waals surface area contributed by atoms with Gasteiger partial charge >= 0.3 is 6.03 Å². The van der Waals surface area contributed by atoms with Crippen molar-refractivity contribution in [3.63, 3.8) is 0 Å². The van der Waals surface area contributed by atoms with Crippen molar-refractivity contribution < 1.29 is 9.59 Å². The van der Waals surface area contributed by atoms with Crippen LogP contribution in [0.2, 0.25) is 0 Å². The highest BCUT2D eigenvalue weighted by atomic mass is 16.2. The van der Waals surface area contributed by atoms with Gasteiger partial charge in [-0.2, -0.15) is 0 Å². The molecule has 3 amide bonds. The van der Waals surface area contributed by atoms with Crippen LogP contribution >= 0.6 is 0 Å². The first-order chi connectivity index (χ1) is 5.82. The van der Waals surface area contributed by atoms with Gasteiger partial charge in [0.25, 0.3) is 0 Å². The van der Waals surface area contributed by atoms with Crippen LogP contribution in [0.3, 0.4) is 0 Å². The van der Waals surface area contributed by atoms with E-state index in [9.17, 15) is 9.59 Å². The van der Waals surface area contributed by atoms with Gasteiger partial charge in [-0.15, -0.1) is 0 Å². The number of hydrogen-bond acceptors (Lipinski definition) is 2. The standard InChI is InChI=1S/C9H16N2O2/c1-6(12)11-5-7(9(2,3)4)10-8(11)13/h7H,5H2,1-4H3,(H,10,13)/t7-/m0/s1. The molecule has 0 aromatic rings. The minimum Gasteiger partial charge on any atom is -0.333 e. The second-order valence-corrected chi connectivity index (χ2v) is 4.50. The number of imide groups is 1. The predicted molar refractivity (Wildman–Crippen MR) is 49.2 cm³/mol. The van der Waals surface area contributed by atoms with Crippen molar-refractivity contribution >= 4 is 11.9 Å². The molecule has 74 valence electrons. The molecule has 13 heavy (non-hydrogen) atoms. The molecule has 0 saturated carbocycles. The Bertz CT molecular complexity index is 242. The van der Waals surface area contributed by atoms with Crippen LogP contribution in [-0.4, -0.2) is 29.4 Å². The van der Waals surface area contributed by atoms with E-state index in [0.29, 0.717) is 6.54 Å². The van der Waals surface area contributed by atoms with Gasteiger partial charge < -0.3 is 5.32 Å². The van der Waals surface area contributed by atoms with Crippen molar-refractivity contribution in [1.29, 1.82) is 0 Å². The van der Waals surface area contributed by atoms with Crippen molar-refractivity contribution in [2.75, 3.05) is 6.54 Å². The zero-order chi connectivity index (χ0) is 10.2. The molecule has 0 unspecified atom stereocenters. The van der Waals surface area contributed by atoms with E-state index in [1.54, 1.807) is 0 Å². The Balaban J connectivity index is 2.71. The Hall–Kier alpha value is -1.06. The van der Waals surface area contributed by atoms with Crippen LogP contribution in [0.1, 0.15) is 27.7 Å². The molecule has 1 fully saturated rings. The molecule has 4 heteroatoms. The second kappa shape index (κ2) is 3.01. The third-order valence-corrected chi connectivity index (χ3v) is 2.33. The number of nitrogens with one attached hydrogen (secondary N) is 1. The molecule has 0 aromatic heterocycles. The van der Waals surface area contributed by atoms with Crippen LogP contribution in [0.4, 0.5) is 4.79 Å². The van der Waals surface area contributed by atoms with Gasteiger partial charge in [-0.3, -0.25) is 9.69 Å². The van der Waals surface area contributed by atoms with E-state index in [0.717, 1.165) is 0 Å². The summed E-state index contributed by atoms with van der Waals surface area (Å²) in [6, 6.07) is -0.212. The van der Waals surface area contributed by atoms with Crippen LogP contribution in [-0.2, 0) is 4.79 Å². The number of urea groups is 1. The highest BCUT2D eigenvalue weighted by Gasteiger charge is 2.37. The average molecular weight is 184 g/mol. The molecule has 4 nitrogen and oxygen atoms in total. The summed E-state index contributed by atoms with van der Waals surface area (Å²) in [5.41, 5.74) is -0.000139. The summed E-state index contributed by atoms with van der Waals surface area (Å²) in [5.74, 6) is -0.191. The summed E-state index contributed by atoms with van der Waals surface area (Å²) >= 11 is 0. The fourth-order valence-electron chi connectivity index (χ4n) is 1.30. The van der Waals surface area contributed by atoms with E-state index in [2.05, 4.69) is 5.32 Å². The Kier molecular flexibility index (Phi) is 2.32. The van der Waals surface area contributed by atoms with E-state index >= 15 is 0 Å². The Morgan fingerprint density at radius 1 is 1.54 bits per heavy atom. The molecular weight excluding hydrogens is 168 g/mol. The van der Waals surface area contributed by atoms with Crippen LogP contribution in [0.5, 0.6) is 0 Å². The lowest BCUT2D eigenvalue weighted by Gasteiger charge is -2.25. The molecule has 0 aliphatic carbocycles. The Morgan fingerprint density at radius 3 is 2.31 bits per heavy atom. The predicted octanol–water partition coefficient (Wildman–Crippen LogP) is 0.973. The van der Waals surface area contributed by atoms with Gasteiger partial charge in [-0.25, -0.2) is 4.79 Å². The number of rotatable bonds is 0. The van der Waals surface area contributed by atoms with Gasteiger partial charge in [-0.1, -0.05) is 20.8 Å². The minimum absolute atomic E-state index is 0.000139. The first kappa shape index (κ1) is 10.0. The molecule has 0 aromatic carbocycles. The maximum atomic E-state index is 11.3. The smallest absolute Gasteiger partial charge is 0.324 e. The number of hydrogen-bond donors (Lipinski definition) is 1. The molecule has 0 spiro atoms. The van der Waals surface area contributed by atoms with Crippen LogP contribution in [0.15, 0.2) is 0 Å². The maximum Gasteiger partial charge on any atom is 0.324 e. The first-order valence-corrected chi connectivity index (χ1v) is 4.41. The van der Waals surface area contributed by atoms with E-state index in [1.807, 2.05) is 20.8 Å². The van der Waals surface area contributed by atoms with Crippen molar-refractivity contribution in [2.45, 2.75) is 33.7 Å². The number of nitrogens with zero attached hydrogens (tertiary/aromatic N) is 1. The fourth-order valence-corrected chi connectivity index (χ4v) is 1.30. The molecule has 1 heterocycles. The summed E-state index contributed by atoms with van der Waals surface area (Å²) in [6.07, 6.45) is 0. The summed E-state index contributed by atoms with van der Waals surface area (Å²) in [5, 5.41) is 2.79. The largest absolute Gasteiger partial charge is 0.333 e. The first-order valence-electron chi connectivity index (χ1n) is 4.41. The topological polar surface area (TPSA) is 49.4 Å². The zero-order valence-electron chi connectivity index (χ0n) is 8.55. The van der Waals surface area contributed by atoms with Gasteiger partial charge in [-0.05, 0) is 5.41 Å². The quantitative estimate of drug-likeness (QED) is 0.610. The molecule has 1 aliphatic heterocycles. The monoisotopic (exact) mass is 184 g/mol. The number of carbonyl (C=O) groups excluding carboxylic acids is 2. The number of amides is 3. The molecule has 1 aliphatic rings. The van der Waals surface area contributed by atoms with Gasteiger partial charge in [0.2, 0.25) is 5.91 Å². The normalized spacial score (nSPS) is 23.2. The van der Waals surface area contributed by atoms with Gasteiger partial charge in [0, 0.05) is 6.92 Å². The van der Waals surface area contributed by atoms with Crippen LogP contribution in [0, 0.1) is 5.41 Å². The van der Waals surface area contributed by atoms with Crippen LogP contribution < -0.4 is 5.32 Å². The lowest BCUT2D eigenvalue weighted by molar-refractivity contribution is -0.125. The third kappa shape index (κ3) is 1.99. The van der Waals surface area contributed by atoms with Gasteiger partial charge in [0.15, 0.2) is 0 Å². The summed E-state index contributed by atoms with van der Waals surface area (Å²) in [4.78, 5) is 23.5. The third-order valence-electron chi connectivity index (χ3n) is 2.33. The molecule has 1 N–H and O–H groups in total. The van der Waals surface area contributed by atoms with E-state index in [1.165, 1.54) is 11.8 Å². The number of carbonyl (C=O) groups is 2. The zero-order valence-corrected chi connectivity index (χ0v) is 8.55. The van der Waals surface area contributed by atoms with Gasteiger partial charge in [0.1, 0.15) is 0 Å². The summed E-state index contributed by atoms with van der Waals surface area (Å²) in [6.45, 7) is 8.02. The van der Waals surface area contributed by atoms with E-state index < -0.39 is 0 Å². The van der Waals surface area contributed by atoms with E-state index in [4.69, 9.17) is 0 Å². The summed E-state index contributed by atoms with van der Waals surface area (Å²) < 4.78 is 0. The molecule has 0 bridgehead atoms. The highest BCUT2D eigenvalue weighted by molar-refractivity contribution is 5.95. The molecule has 1 saturated heterocycles. The Labute approximate surface area is 78.3 Å².